The number of benzene rings is 1. The van der Waals surface area contributed by atoms with Gasteiger partial charge in [0.25, 0.3) is 0 Å². The largest absolute Gasteiger partial charge is 0.370 e. The van der Waals surface area contributed by atoms with Crippen molar-refractivity contribution in [2.75, 3.05) is 7.11 Å². The van der Waals surface area contributed by atoms with Crippen molar-refractivity contribution < 1.29 is 9.53 Å². The minimum atomic E-state index is -0.677. The fraction of sp³-hybridized carbons (Fsp3) is 0.444. The number of methoxy groups -OCH3 is 1. The van der Waals surface area contributed by atoms with E-state index in [4.69, 9.17) is 4.74 Å². The van der Waals surface area contributed by atoms with Gasteiger partial charge in [0, 0.05) is 24.3 Å². The van der Waals surface area contributed by atoms with E-state index in [0.717, 1.165) is 30.2 Å². The minimum Gasteiger partial charge on any atom is -0.370 e. The third-order valence-electron chi connectivity index (χ3n) is 4.64. The number of fused-ring (bicyclic) bond motifs is 1. The first-order valence-electron chi connectivity index (χ1n) is 7.60. The first-order valence-corrected chi connectivity index (χ1v) is 7.60. The summed E-state index contributed by atoms with van der Waals surface area (Å²) in [7, 11) is 1.66. The Bertz CT molecular complexity index is 662. The summed E-state index contributed by atoms with van der Waals surface area (Å²) in [6, 6.07) is 9.67. The molecule has 0 amide bonds. The molecule has 1 aromatic heterocycles. The molecule has 110 valence electrons. The Kier molecular flexibility index (Phi) is 3.77. The molecule has 1 fully saturated rings. The van der Waals surface area contributed by atoms with Gasteiger partial charge in [-0.15, -0.1) is 0 Å². The number of aromatic nitrogens is 1. The van der Waals surface area contributed by atoms with Crippen LogP contribution in [0.1, 0.15) is 43.0 Å². The summed E-state index contributed by atoms with van der Waals surface area (Å²) in [5, 5.41) is 0.999. The Morgan fingerprint density at radius 2 is 2.14 bits per heavy atom. The highest BCUT2D eigenvalue weighted by atomic mass is 16.5. The molecule has 0 spiro atoms. The number of pyridine rings is 1. The zero-order valence-electron chi connectivity index (χ0n) is 12.6. The molecule has 1 heterocycles. The van der Waals surface area contributed by atoms with E-state index in [0.29, 0.717) is 11.5 Å². The summed E-state index contributed by atoms with van der Waals surface area (Å²) < 4.78 is 5.74. The highest BCUT2D eigenvalue weighted by Gasteiger charge is 2.42. The average Bonchev–Trinajstić information content (AvgIpc) is 2.53. The van der Waals surface area contributed by atoms with Gasteiger partial charge < -0.3 is 4.74 Å². The summed E-state index contributed by atoms with van der Waals surface area (Å²) in [6.45, 7) is 2.20. The number of rotatable bonds is 3. The standard InChI is InChI=1S/C18H21NO2/c1-13-6-4-10-18(12-13,21-2)17(20)15-9-3-7-14-8-5-11-19-16(14)15/h3,5,7-9,11,13H,4,6,10,12H2,1-2H3. The molecule has 3 rings (SSSR count). The number of hydrogen-bond donors (Lipinski definition) is 0. The molecule has 2 atom stereocenters. The number of nitrogens with zero attached hydrogens (tertiary/aromatic N) is 1. The highest BCUT2D eigenvalue weighted by Crippen LogP contribution is 2.38. The minimum absolute atomic E-state index is 0.0841. The third kappa shape index (κ3) is 2.46. The second-order valence-electron chi connectivity index (χ2n) is 6.11. The number of carbonyl (C=O) groups is 1. The highest BCUT2D eigenvalue weighted by molar-refractivity contribution is 6.10. The van der Waals surface area contributed by atoms with Crippen LogP contribution >= 0.6 is 0 Å². The van der Waals surface area contributed by atoms with Crippen molar-refractivity contribution >= 4 is 16.7 Å². The molecular formula is C18H21NO2. The maximum atomic E-state index is 13.1. The van der Waals surface area contributed by atoms with Crippen LogP contribution in [0.15, 0.2) is 36.5 Å². The molecule has 2 aromatic rings. The van der Waals surface area contributed by atoms with E-state index in [-0.39, 0.29) is 5.78 Å². The van der Waals surface area contributed by atoms with Crippen molar-refractivity contribution in [1.29, 1.82) is 0 Å². The second-order valence-corrected chi connectivity index (χ2v) is 6.11. The van der Waals surface area contributed by atoms with Crippen molar-refractivity contribution in [2.24, 2.45) is 5.92 Å². The zero-order chi connectivity index (χ0) is 14.9. The Morgan fingerprint density at radius 3 is 2.90 bits per heavy atom. The van der Waals surface area contributed by atoms with Crippen molar-refractivity contribution in [2.45, 2.75) is 38.2 Å². The van der Waals surface area contributed by atoms with Gasteiger partial charge in [0.2, 0.25) is 0 Å². The van der Waals surface area contributed by atoms with Gasteiger partial charge in [-0.1, -0.05) is 31.5 Å². The maximum Gasteiger partial charge on any atom is 0.196 e. The van der Waals surface area contributed by atoms with E-state index >= 15 is 0 Å². The number of hydrogen-bond acceptors (Lipinski definition) is 3. The van der Waals surface area contributed by atoms with E-state index in [1.54, 1.807) is 13.3 Å². The fourth-order valence-electron chi connectivity index (χ4n) is 3.52. The Morgan fingerprint density at radius 1 is 1.33 bits per heavy atom. The summed E-state index contributed by atoms with van der Waals surface area (Å²) in [5.74, 6) is 0.603. The lowest BCUT2D eigenvalue weighted by atomic mass is 9.74. The summed E-state index contributed by atoms with van der Waals surface area (Å²) in [6.07, 6.45) is 5.55. The van der Waals surface area contributed by atoms with Crippen LogP contribution < -0.4 is 0 Å². The fourth-order valence-corrected chi connectivity index (χ4v) is 3.52. The van der Waals surface area contributed by atoms with Gasteiger partial charge >= 0.3 is 0 Å². The smallest absolute Gasteiger partial charge is 0.196 e. The molecule has 0 saturated heterocycles. The number of Topliss-reactive ketones (excluding diaryl/α,β-unsaturated/α-hetero) is 1. The number of ether oxygens (including phenoxy) is 1. The quantitative estimate of drug-likeness (QED) is 0.799. The molecule has 1 aromatic carbocycles. The Balaban J connectivity index is 2.07. The predicted octanol–water partition coefficient (Wildman–Crippen LogP) is 4.01. The molecule has 1 aliphatic carbocycles. The van der Waals surface area contributed by atoms with Crippen molar-refractivity contribution in [3.63, 3.8) is 0 Å². The summed E-state index contributed by atoms with van der Waals surface area (Å²) in [4.78, 5) is 17.6. The summed E-state index contributed by atoms with van der Waals surface area (Å²) in [5.41, 5.74) is 0.785. The number of para-hydroxylation sites is 1. The van der Waals surface area contributed by atoms with Crippen LogP contribution in [0.25, 0.3) is 10.9 Å². The molecule has 0 bridgehead atoms. The molecule has 2 unspecified atom stereocenters. The van der Waals surface area contributed by atoms with Crippen LogP contribution in [0.5, 0.6) is 0 Å². The van der Waals surface area contributed by atoms with E-state index in [1.807, 2.05) is 30.3 Å². The van der Waals surface area contributed by atoms with E-state index in [2.05, 4.69) is 11.9 Å². The molecule has 1 saturated carbocycles. The Hall–Kier alpha value is -1.74. The molecule has 3 heteroatoms. The first kappa shape index (κ1) is 14.2. The van der Waals surface area contributed by atoms with Crippen LogP contribution in [0.3, 0.4) is 0 Å². The van der Waals surface area contributed by atoms with Crippen molar-refractivity contribution in [3.8, 4) is 0 Å². The molecule has 3 nitrogen and oxygen atoms in total. The van der Waals surface area contributed by atoms with Crippen LogP contribution in [0.4, 0.5) is 0 Å². The average molecular weight is 283 g/mol. The molecule has 0 radical (unpaired) electrons. The number of carbonyl (C=O) groups excluding carboxylic acids is 1. The molecule has 0 aliphatic heterocycles. The number of ketones is 1. The molecular weight excluding hydrogens is 262 g/mol. The van der Waals surface area contributed by atoms with Gasteiger partial charge in [-0.3, -0.25) is 9.78 Å². The van der Waals surface area contributed by atoms with Crippen molar-refractivity contribution in [1.82, 2.24) is 4.98 Å². The van der Waals surface area contributed by atoms with Crippen LogP contribution in [0, 0.1) is 5.92 Å². The van der Waals surface area contributed by atoms with E-state index in [9.17, 15) is 4.79 Å². The lowest BCUT2D eigenvalue weighted by Gasteiger charge is -2.37. The van der Waals surface area contributed by atoms with Crippen LogP contribution in [-0.4, -0.2) is 23.5 Å². The van der Waals surface area contributed by atoms with E-state index in [1.165, 1.54) is 6.42 Å². The normalized spacial score (nSPS) is 25.9. The van der Waals surface area contributed by atoms with Gasteiger partial charge in [0.1, 0.15) is 5.60 Å². The molecule has 1 aliphatic rings. The first-order chi connectivity index (χ1) is 10.2. The Labute approximate surface area is 125 Å². The summed E-state index contributed by atoms with van der Waals surface area (Å²) >= 11 is 0. The zero-order valence-corrected chi connectivity index (χ0v) is 12.6. The topological polar surface area (TPSA) is 39.2 Å². The van der Waals surface area contributed by atoms with Gasteiger partial charge in [0.05, 0.1) is 5.52 Å². The van der Waals surface area contributed by atoms with Gasteiger partial charge in [-0.2, -0.15) is 0 Å². The van der Waals surface area contributed by atoms with Gasteiger partial charge in [0.15, 0.2) is 5.78 Å². The lowest BCUT2D eigenvalue weighted by Crippen LogP contribution is -2.44. The maximum absolute atomic E-state index is 13.1. The lowest BCUT2D eigenvalue weighted by molar-refractivity contribution is -0.0301. The van der Waals surface area contributed by atoms with Crippen LogP contribution in [-0.2, 0) is 4.74 Å². The van der Waals surface area contributed by atoms with E-state index < -0.39 is 5.60 Å². The molecule has 21 heavy (non-hydrogen) atoms. The monoisotopic (exact) mass is 283 g/mol. The SMILES string of the molecule is COC1(C(=O)c2cccc3cccnc23)CCCC(C)C1. The van der Waals surface area contributed by atoms with Gasteiger partial charge in [-0.25, -0.2) is 0 Å². The predicted molar refractivity (Wildman–Crippen MR) is 83.4 cm³/mol. The van der Waals surface area contributed by atoms with Crippen molar-refractivity contribution in [3.05, 3.63) is 42.1 Å². The second kappa shape index (κ2) is 5.57. The van der Waals surface area contributed by atoms with Gasteiger partial charge in [-0.05, 0) is 37.3 Å². The molecule has 0 N–H and O–H groups in total. The third-order valence-corrected chi connectivity index (χ3v) is 4.64. The van der Waals surface area contributed by atoms with Crippen LogP contribution in [0.2, 0.25) is 0 Å².